The van der Waals surface area contributed by atoms with Crippen LogP contribution in [0.3, 0.4) is 0 Å². The minimum absolute atomic E-state index is 0.364. The monoisotopic (exact) mass is 419 g/mol. The zero-order valence-corrected chi connectivity index (χ0v) is 18.3. The first kappa shape index (κ1) is 20.4. The summed E-state index contributed by atoms with van der Waals surface area (Å²) in [5.74, 6) is 0.996. The van der Waals surface area contributed by atoms with Crippen molar-refractivity contribution in [2.75, 3.05) is 44.7 Å². The molecular formula is C24H33N7. The number of likely N-dealkylation sites (N-methyl/N-ethyl adjacent to an activating group) is 1. The van der Waals surface area contributed by atoms with Gasteiger partial charge in [-0.1, -0.05) is 0 Å². The molecule has 0 unspecified atom stereocenters. The van der Waals surface area contributed by atoms with Crippen LogP contribution in [-0.2, 0) is 0 Å². The zero-order valence-electron chi connectivity index (χ0n) is 18.3. The molecule has 7 nitrogen and oxygen atoms in total. The van der Waals surface area contributed by atoms with Crippen LogP contribution in [0.25, 0.3) is 16.6 Å². The minimum atomic E-state index is 0.364. The van der Waals surface area contributed by atoms with E-state index in [-0.39, 0.29) is 0 Å². The third kappa shape index (κ3) is 4.43. The molecule has 1 aliphatic heterocycles. The molecule has 3 fully saturated rings. The van der Waals surface area contributed by atoms with Gasteiger partial charge < -0.3 is 26.3 Å². The van der Waals surface area contributed by atoms with E-state index in [9.17, 15) is 0 Å². The lowest BCUT2D eigenvalue weighted by Crippen LogP contribution is -2.44. The number of nitrogens with zero attached hydrogens (tertiary/aromatic N) is 4. The normalized spacial score (nSPS) is 24.8. The number of piperazine rings is 1. The Labute approximate surface area is 184 Å². The van der Waals surface area contributed by atoms with Crippen LogP contribution in [0.1, 0.15) is 31.4 Å². The van der Waals surface area contributed by atoms with Crippen LogP contribution in [0, 0.1) is 17.2 Å². The highest BCUT2D eigenvalue weighted by atomic mass is 15.2. The quantitative estimate of drug-likeness (QED) is 0.597. The molecule has 2 aliphatic carbocycles. The van der Waals surface area contributed by atoms with Crippen LogP contribution in [0.4, 0.5) is 5.69 Å². The molecule has 0 atom stereocenters. The van der Waals surface area contributed by atoms with Crippen molar-refractivity contribution in [1.29, 1.82) is 5.41 Å². The van der Waals surface area contributed by atoms with Gasteiger partial charge in [0.1, 0.15) is 0 Å². The van der Waals surface area contributed by atoms with E-state index in [2.05, 4.69) is 40.4 Å². The smallest absolute Gasteiger partial charge is 0.0925 e. The van der Waals surface area contributed by atoms with Crippen molar-refractivity contribution < 1.29 is 0 Å². The van der Waals surface area contributed by atoms with E-state index in [1.54, 1.807) is 0 Å². The van der Waals surface area contributed by atoms with Gasteiger partial charge in [-0.2, -0.15) is 0 Å². The summed E-state index contributed by atoms with van der Waals surface area (Å²) in [7, 11) is 2.17. The molecule has 4 N–H and O–H groups in total. The Kier molecular flexibility index (Phi) is 5.63. The maximum atomic E-state index is 8.68. The number of nitrogens with one attached hydrogen (secondary N) is 2. The minimum Gasteiger partial charge on any atom is -0.388 e. The fourth-order valence-corrected chi connectivity index (χ4v) is 4.54. The molecule has 1 aromatic heterocycles. The van der Waals surface area contributed by atoms with Crippen LogP contribution < -0.4 is 16.0 Å². The van der Waals surface area contributed by atoms with Gasteiger partial charge in [-0.15, -0.1) is 0 Å². The average molecular weight is 420 g/mol. The molecule has 1 aromatic carbocycles. The van der Waals surface area contributed by atoms with Crippen LogP contribution in [-0.4, -0.2) is 66.4 Å². The van der Waals surface area contributed by atoms with Gasteiger partial charge in [-0.05, 0) is 63.4 Å². The summed E-state index contributed by atoms with van der Waals surface area (Å²) >= 11 is 0. The molecule has 5 rings (SSSR count). The van der Waals surface area contributed by atoms with E-state index < -0.39 is 0 Å². The van der Waals surface area contributed by atoms with Gasteiger partial charge in [0, 0.05) is 61.3 Å². The highest BCUT2D eigenvalue weighted by molar-refractivity contribution is 6.23. The summed E-state index contributed by atoms with van der Waals surface area (Å²) in [6.07, 6.45) is 8.26. The predicted octanol–water partition coefficient (Wildman–Crippen LogP) is 2.48. The fourth-order valence-electron chi connectivity index (χ4n) is 4.54. The third-order valence-corrected chi connectivity index (χ3v) is 6.98. The average Bonchev–Trinajstić information content (AvgIpc) is 3.60. The Morgan fingerprint density at radius 1 is 1.19 bits per heavy atom. The summed E-state index contributed by atoms with van der Waals surface area (Å²) in [5, 5.41) is 12.2. The third-order valence-electron chi connectivity index (χ3n) is 6.98. The van der Waals surface area contributed by atoms with Gasteiger partial charge in [0.15, 0.2) is 0 Å². The molecule has 3 aliphatic rings. The van der Waals surface area contributed by atoms with Gasteiger partial charge in [0.2, 0.25) is 0 Å². The summed E-state index contributed by atoms with van der Waals surface area (Å²) in [6, 6.07) is 6.83. The number of benzene rings is 1. The van der Waals surface area contributed by atoms with Crippen molar-refractivity contribution in [3.05, 3.63) is 36.3 Å². The highest BCUT2D eigenvalue weighted by Crippen LogP contribution is 2.35. The molecule has 2 heterocycles. The second kappa shape index (κ2) is 8.55. The first-order valence-electron chi connectivity index (χ1n) is 11.6. The molecule has 0 spiro atoms. The van der Waals surface area contributed by atoms with Crippen molar-refractivity contribution in [2.45, 2.75) is 31.7 Å². The lowest BCUT2D eigenvalue weighted by atomic mass is 9.80. The van der Waals surface area contributed by atoms with E-state index >= 15 is 0 Å². The summed E-state index contributed by atoms with van der Waals surface area (Å²) in [4.78, 5) is 14.4. The largest absolute Gasteiger partial charge is 0.388 e. The van der Waals surface area contributed by atoms with Crippen molar-refractivity contribution in [3.8, 4) is 0 Å². The maximum absolute atomic E-state index is 8.68. The number of rotatable bonds is 7. The molecule has 0 amide bonds. The Balaban J connectivity index is 1.37. The predicted molar refractivity (Wildman–Crippen MR) is 126 cm³/mol. The first-order chi connectivity index (χ1) is 15.1. The number of aromatic nitrogens is 2. The highest BCUT2D eigenvalue weighted by Gasteiger charge is 2.31. The molecule has 31 heavy (non-hydrogen) atoms. The number of anilines is 1. The standard InChI is InChI=1S/C24H33N7/c1-30-6-8-31(9-7-30)19-4-5-21-22(12-19)28-15-23(29-21)20(24(26)17-2-3-17)14-27-18-10-16(11-18)13-25/h4-5,12,14-18,26-27H,2-3,6-11,13,25H2,1H3/b20-14-,26-24?. The Morgan fingerprint density at radius 2 is 1.97 bits per heavy atom. The van der Waals surface area contributed by atoms with Crippen molar-refractivity contribution in [2.24, 2.45) is 17.6 Å². The summed E-state index contributed by atoms with van der Waals surface area (Å²) in [6.45, 7) is 5.01. The lowest BCUT2D eigenvalue weighted by Gasteiger charge is -2.34. The van der Waals surface area contributed by atoms with E-state index in [4.69, 9.17) is 21.1 Å². The van der Waals surface area contributed by atoms with Gasteiger partial charge in [-0.3, -0.25) is 4.98 Å². The molecule has 2 aromatic rings. The van der Waals surface area contributed by atoms with Gasteiger partial charge in [0.25, 0.3) is 0 Å². The lowest BCUT2D eigenvalue weighted by molar-refractivity contribution is 0.247. The topological polar surface area (TPSA) is 94.2 Å². The zero-order chi connectivity index (χ0) is 21.4. The van der Waals surface area contributed by atoms with Crippen LogP contribution >= 0.6 is 0 Å². The van der Waals surface area contributed by atoms with E-state index in [1.165, 1.54) is 5.69 Å². The van der Waals surface area contributed by atoms with Gasteiger partial charge >= 0.3 is 0 Å². The number of hydrogen-bond donors (Lipinski definition) is 3. The van der Waals surface area contributed by atoms with Crippen molar-refractivity contribution in [3.63, 3.8) is 0 Å². The van der Waals surface area contributed by atoms with E-state index in [0.717, 1.165) is 80.7 Å². The van der Waals surface area contributed by atoms with Crippen molar-refractivity contribution >= 4 is 28.0 Å². The molecule has 2 saturated carbocycles. The number of nitrogens with two attached hydrogens (primary N) is 1. The first-order valence-corrected chi connectivity index (χ1v) is 11.6. The molecule has 0 bridgehead atoms. The molecule has 0 radical (unpaired) electrons. The van der Waals surface area contributed by atoms with Crippen LogP contribution in [0.2, 0.25) is 0 Å². The number of allylic oxidation sites excluding steroid dienone is 1. The molecule has 7 heteroatoms. The van der Waals surface area contributed by atoms with Gasteiger partial charge in [-0.25, -0.2) is 4.98 Å². The molecule has 164 valence electrons. The van der Waals surface area contributed by atoms with Gasteiger partial charge in [0.05, 0.1) is 22.9 Å². The Hall–Kier alpha value is -2.51. The van der Waals surface area contributed by atoms with Crippen LogP contribution in [0.5, 0.6) is 0 Å². The second-order valence-corrected chi connectivity index (χ2v) is 9.40. The maximum Gasteiger partial charge on any atom is 0.0925 e. The number of fused-ring (bicyclic) bond motifs is 1. The van der Waals surface area contributed by atoms with E-state index in [0.29, 0.717) is 23.6 Å². The van der Waals surface area contributed by atoms with E-state index in [1.807, 2.05) is 12.4 Å². The number of hydrogen-bond acceptors (Lipinski definition) is 7. The molecular weight excluding hydrogens is 386 g/mol. The summed E-state index contributed by atoms with van der Waals surface area (Å²) < 4.78 is 0. The summed E-state index contributed by atoms with van der Waals surface area (Å²) in [5.41, 5.74) is 11.1. The van der Waals surface area contributed by atoms with Crippen LogP contribution in [0.15, 0.2) is 30.6 Å². The second-order valence-electron chi connectivity index (χ2n) is 9.40. The van der Waals surface area contributed by atoms with Crippen molar-refractivity contribution in [1.82, 2.24) is 20.2 Å². The Morgan fingerprint density at radius 3 is 2.68 bits per heavy atom. The molecule has 1 saturated heterocycles. The fraction of sp³-hybridized carbons (Fsp3) is 0.542. The SMILES string of the molecule is CN1CCN(c2ccc3nc(/C(=C/NC4CC(CN)C4)C(=N)C4CC4)cnc3c2)CC1. The Bertz CT molecular complexity index is 983.